The maximum Gasteiger partial charge on any atom is 0.472 e. The predicted molar refractivity (Wildman–Crippen MR) is 203 cm³/mol. The zero-order valence-corrected chi connectivity index (χ0v) is 32.8. The van der Waals surface area contributed by atoms with Crippen LogP contribution < -0.4 is 5.73 Å². The number of hydrogen-bond donors (Lipinski definition) is 3. The van der Waals surface area contributed by atoms with Gasteiger partial charge in [-0.1, -0.05) is 147 Å². The molecule has 12 heteroatoms. The molecule has 0 radical (unpaired) electrons. The molecule has 0 aromatic heterocycles. The highest BCUT2D eigenvalue weighted by Gasteiger charge is 2.28. The first kappa shape index (κ1) is 49.0. The van der Waals surface area contributed by atoms with Gasteiger partial charge in [0, 0.05) is 12.8 Å². The van der Waals surface area contributed by atoms with Gasteiger partial charge in [0.25, 0.3) is 0 Å². The lowest BCUT2D eigenvalue weighted by Gasteiger charge is -2.20. The average molecular weight is 746 g/mol. The highest BCUT2D eigenvalue weighted by Crippen LogP contribution is 2.43. The summed E-state index contributed by atoms with van der Waals surface area (Å²) in [5.74, 6) is -2.43. The van der Waals surface area contributed by atoms with E-state index in [0.717, 1.165) is 32.1 Å². The molecule has 0 saturated heterocycles. The number of aliphatic carboxylic acids is 1. The van der Waals surface area contributed by atoms with Crippen molar-refractivity contribution in [2.75, 3.05) is 19.8 Å². The van der Waals surface area contributed by atoms with Crippen LogP contribution in [-0.2, 0) is 37.5 Å². The number of carboxylic acid groups (broad SMARTS) is 1. The summed E-state index contributed by atoms with van der Waals surface area (Å²) < 4.78 is 32.5. The Bertz CT molecular complexity index is 974. The topological polar surface area (TPSA) is 172 Å². The van der Waals surface area contributed by atoms with E-state index in [9.17, 15) is 23.8 Å². The summed E-state index contributed by atoms with van der Waals surface area (Å²) in [6.45, 7) is 2.73. The van der Waals surface area contributed by atoms with E-state index in [1.165, 1.54) is 96.3 Å². The number of carbonyl (C=O) groups excluding carboxylic acids is 2. The number of phosphoric acid groups is 1. The van der Waals surface area contributed by atoms with Crippen LogP contribution in [0.4, 0.5) is 0 Å². The Kier molecular flexibility index (Phi) is 33.6. The van der Waals surface area contributed by atoms with E-state index in [4.69, 9.17) is 24.8 Å². The molecule has 51 heavy (non-hydrogen) atoms. The van der Waals surface area contributed by atoms with Crippen LogP contribution in [0.3, 0.4) is 0 Å². The molecule has 0 bridgehead atoms. The van der Waals surface area contributed by atoms with Crippen LogP contribution in [0.5, 0.6) is 0 Å². The molecule has 0 heterocycles. The van der Waals surface area contributed by atoms with Crippen LogP contribution in [0.1, 0.15) is 174 Å². The quantitative estimate of drug-likeness (QED) is 0.0239. The molecule has 3 atom stereocenters. The van der Waals surface area contributed by atoms with E-state index in [1.54, 1.807) is 0 Å². The second-order valence-electron chi connectivity index (χ2n) is 13.4. The van der Waals surface area contributed by atoms with Crippen molar-refractivity contribution in [2.45, 2.75) is 187 Å². The molecular weight excluding hydrogens is 673 g/mol. The van der Waals surface area contributed by atoms with Crippen LogP contribution in [0, 0.1) is 0 Å². The molecule has 0 rings (SSSR count). The van der Waals surface area contributed by atoms with Gasteiger partial charge in [-0.15, -0.1) is 0 Å². The molecule has 0 aromatic rings. The Hall–Kier alpha value is -2.04. The van der Waals surface area contributed by atoms with Crippen LogP contribution in [0.25, 0.3) is 0 Å². The SMILES string of the molecule is CCCCCCCCCCC/C=C/C/C=C/CCCC(=O)O[C@@H](COC(=O)CCCCCCCCCCCC)COP(=O)(O)OC[C@H](N)C(=O)O. The number of phosphoric ester groups is 1. The number of esters is 2. The largest absolute Gasteiger partial charge is 0.480 e. The van der Waals surface area contributed by atoms with Crippen molar-refractivity contribution in [1.82, 2.24) is 0 Å². The summed E-state index contributed by atoms with van der Waals surface area (Å²) >= 11 is 0. The van der Waals surface area contributed by atoms with Gasteiger partial charge in [0.1, 0.15) is 12.6 Å². The zero-order chi connectivity index (χ0) is 37.8. The first-order chi connectivity index (χ1) is 24.6. The Morgan fingerprint density at radius 3 is 1.59 bits per heavy atom. The minimum Gasteiger partial charge on any atom is -0.480 e. The first-order valence-electron chi connectivity index (χ1n) is 19.9. The van der Waals surface area contributed by atoms with Crippen molar-refractivity contribution in [1.29, 1.82) is 0 Å². The van der Waals surface area contributed by atoms with Crippen molar-refractivity contribution in [3.8, 4) is 0 Å². The molecule has 0 spiro atoms. The zero-order valence-electron chi connectivity index (χ0n) is 31.9. The van der Waals surface area contributed by atoms with Crippen LogP contribution >= 0.6 is 7.82 Å². The third kappa shape index (κ3) is 34.8. The van der Waals surface area contributed by atoms with Crippen LogP contribution in [0.15, 0.2) is 24.3 Å². The van der Waals surface area contributed by atoms with Gasteiger partial charge in [-0.05, 0) is 38.5 Å². The number of hydrogen-bond acceptors (Lipinski definition) is 9. The molecule has 0 aliphatic heterocycles. The fourth-order valence-electron chi connectivity index (χ4n) is 5.28. The monoisotopic (exact) mass is 745 g/mol. The molecule has 11 nitrogen and oxygen atoms in total. The van der Waals surface area contributed by atoms with E-state index in [-0.39, 0.29) is 19.4 Å². The maximum atomic E-state index is 12.5. The molecule has 0 aromatic carbocycles. The van der Waals surface area contributed by atoms with Crippen molar-refractivity contribution in [3.05, 3.63) is 24.3 Å². The average Bonchev–Trinajstić information content (AvgIpc) is 3.10. The van der Waals surface area contributed by atoms with Crippen LogP contribution in [-0.4, -0.2) is 59.9 Å². The smallest absolute Gasteiger partial charge is 0.472 e. The fourth-order valence-corrected chi connectivity index (χ4v) is 6.06. The van der Waals surface area contributed by atoms with Gasteiger partial charge in [0.15, 0.2) is 6.10 Å². The van der Waals surface area contributed by atoms with E-state index in [0.29, 0.717) is 19.3 Å². The van der Waals surface area contributed by atoms with E-state index >= 15 is 0 Å². The first-order valence-corrected chi connectivity index (χ1v) is 21.4. The molecule has 298 valence electrons. The van der Waals surface area contributed by atoms with Gasteiger partial charge in [0.05, 0.1) is 13.2 Å². The Morgan fingerprint density at radius 1 is 0.608 bits per heavy atom. The lowest BCUT2D eigenvalue weighted by atomic mass is 10.1. The van der Waals surface area contributed by atoms with Crippen molar-refractivity contribution in [3.63, 3.8) is 0 Å². The van der Waals surface area contributed by atoms with Crippen LogP contribution in [0.2, 0.25) is 0 Å². The lowest BCUT2D eigenvalue weighted by Crippen LogP contribution is -2.34. The lowest BCUT2D eigenvalue weighted by molar-refractivity contribution is -0.161. The van der Waals surface area contributed by atoms with Gasteiger partial charge < -0.3 is 25.2 Å². The third-order valence-corrected chi connectivity index (χ3v) is 9.40. The van der Waals surface area contributed by atoms with Gasteiger partial charge in [-0.2, -0.15) is 0 Å². The van der Waals surface area contributed by atoms with Crippen molar-refractivity contribution >= 4 is 25.7 Å². The highest BCUT2D eigenvalue weighted by atomic mass is 31.2. The van der Waals surface area contributed by atoms with Gasteiger partial charge >= 0.3 is 25.7 Å². The summed E-state index contributed by atoms with van der Waals surface area (Å²) in [6.07, 6.45) is 34.1. The highest BCUT2D eigenvalue weighted by molar-refractivity contribution is 7.47. The predicted octanol–water partition coefficient (Wildman–Crippen LogP) is 9.89. The number of carbonyl (C=O) groups is 3. The molecule has 0 fully saturated rings. The standard InChI is InChI=1S/C39H72NO10P/c1-3-5-7-9-11-13-15-16-17-18-19-20-21-23-25-27-29-31-38(42)50-35(33-48-51(45,46)49-34-36(40)39(43)44)32-47-37(41)30-28-26-24-22-14-12-10-8-6-4-2/h19-20,23,25,35-36H,3-18,21-22,24,26-34,40H2,1-2H3,(H,43,44)(H,45,46)/b20-19+,25-23+/t35-,36-/m0/s1. The number of nitrogens with two attached hydrogens (primary N) is 1. The van der Waals surface area contributed by atoms with Gasteiger partial charge in [0.2, 0.25) is 0 Å². The number of ether oxygens (including phenoxy) is 2. The second kappa shape index (κ2) is 35.0. The van der Waals surface area contributed by atoms with E-state index in [2.05, 4.69) is 36.6 Å². The maximum absolute atomic E-state index is 12.5. The van der Waals surface area contributed by atoms with Crippen molar-refractivity contribution < 1.29 is 47.5 Å². The van der Waals surface area contributed by atoms with Gasteiger partial charge in [-0.3, -0.25) is 23.4 Å². The van der Waals surface area contributed by atoms with E-state index in [1.807, 2.05) is 6.08 Å². The molecule has 0 amide bonds. The number of allylic oxidation sites excluding steroid dienone is 4. The summed E-state index contributed by atoms with van der Waals surface area (Å²) in [5, 5.41) is 8.85. The summed E-state index contributed by atoms with van der Waals surface area (Å²) in [5.41, 5.74) is 5.31. The molecule has 1 unspecified atom stereocenters. The van der Waals surface area contributed by atoms with Crippen molar-refractivity contribution in [2.24, 2.45) is 5.73 Å². The molecular formula is C39H72NO10P. The molecule has 4 N–H and O–H groups in total. The normalized spacial score (nSPS) is 14.1. The van der Waals surface area contributed by atoms with Gasteiger partial charge in [-0.25, -0.2) is 4.57 Å². The minimum absolute atomic E-state index is 0.0998. The second-order valence-corrected chi connectivity index (χ2v) is 14.9. The molecule has 0 aliphatic carbocycles. The summed E-state index contributed by atoms with van der Waals surface area (Å²) in [7, 11) is -4.72. The summed E-state index contributed by atoms with van der Waals surface area (Å²) in [4.78, 5) is 45.7. The summed E-state index contributed by atoms with van der Waals surface area (Å²) in [6, 6.07) is -1.52. The minimum atomic E-state index is -4.72. The Labute approximate surface area is 309 Å². The number of rotatable bonds is 37. The Balaban J connectivity index is 4.46. The Morgan fingerprint density at radius 2 is 1.06 bits per heavy atom. The fraction of sp³-hybridized carbons (Fsp3) is 0.821. The molecule has 0 aliphatic rings. The number of unbranched alkanes of at least 4 members (excludes halogenated alkanes) is 19. The number of carboxylic acids is 1. The third-order valence-electron chi connectivity index (χ3n) is 8.45. The van der Waals surface area contributed by atoms with E-state index < -0.39 is 51.1 Å². The molecule has 0 saturated carbocycles.